The standard InChI is InChI=1S/C35H32N2O8/c38-31(30(22-25-10-4-1-5-11-25)36-34(40)28-14-8-3-9-15-28)20-21-33(39)45-32(23-26-16-18-29(19-17-26)37(42)43)35(41)44-24-27-12-6-2-7-13-27/h1-19,30,32H,20-24H2,(H,36,40)/t30?,32-/m0/s1. The number of ether oxygens (including phenoxy) is 2. The molecule has 0 saturated carbocycles. The van der Waals surface area contributed by atoms with E-state index in [4.69, 9.17) is 9.47 Å². The zero-order chi connectivity index (χ0) is 32.0. The summed E-state index contributed by atoms with van der Waals surface area (Å²) in [6.45, 7) is -0.0469. The number of carbonyl (C=O) groups excluding carboxylic acids is 4. The Morgan fingerprint density at radius 3 is 1.84 bits per heavy atom. The van der Waals surface area contributed by atoms with Crippen molar-refractivity contribution in [3.05, 3.63) is 148 Å². The Morgan fingerprint density at radius 2 is 1.24 bits per heavy atom. The molecule has 0 fully saturated rings. The normalized spacial score (nSPS) is 11.9. The number of nitrogens with zero attached hydrogens (tertiary/aromatic N) is 1. The van der Waals surface area contributed by atoms with Crippen LogP contribution in [0.3, 0.4) is 0 Å². The smallest absolute Gasteiger partial charge is 0.348 e. The van der Waals surface area contributed by atoms with Crippen molar-refractivity contribution < 1.29 is 33.6 Å². The van der Waals surface area contributed by atoms with Crippen molar-refractivity contribution in [2.24, 2.45) is 0 Å². The largest absolute Gasteiger partial charge is 0.458 e. The summed E-state index contributed by atoms with van der Waals surface area (Å²) >= 11 is 0. The maximum atomic E-state index is 13.3. The highest BCUT2D eigenvalue weighted by Crippen LogP contribution is 2.17. The Bertz CT molecular complexity index is 1590. The number of benzene rings is 4. The average molecular weight is 609 g/mol. The molecule has 0 bridgehead atoms. The molecule has 230 valence electrons. The molecule has 0 radical (unpaired) electrons. The molecule has 10 nitrogen and oxygen atoms in total. The number of ketones is 1. The third-order valence-electron chi connectivity index (χ3n) is 6.92. The molecule has 0 aliphatic heterocycles. The van der Waals surface area contributed by atoms with Crippen LogP contribution in [0, 0.1) is 10.1 Å². The highest BCUT2D eigenvalue weighted by molar-refractivity contribution is 5.98. The number of nitro groups is 1. The third kappa shape index (κ3) is 10.2. The minimum Gasteiger partial charge on any atom is -0.458 e. The number of hydrogen-bond donors (Lipinski definition) is 1. The van der Waals surface area contributed by atoms with Crippen LogP contribution in [0.2, 0.25) is 0 Å². The van der Waals surface area contributed by atoms with Crippen LogP contribution in [0.1, 0.15) is 39.9 Å². The lowest BCUT2D eigenvalue weighted by Gasteiger charge is -2.19. The molecule has 0 heterocycles. The Labute approximate surface area is 260 Å². The molecule has 1 N–H and O–H groups in total. The fourth-order valence-corrected chi connectivity index (χ4v) is 4.51. The minimum atomic E-state index is -1.35. The van der Waals surface area contributed by atoms with Gasteiger partial charge in [0, 0.05) is 30.5 Å². The van der Waals surface area contributed by atoms with Gasteiger partial charge in [-0.3, -0.25) is 24.5 Å². The Morgan fingerprint density at radius 1 is 0.689 bits per heavy atom. The second-order valence-electron chi connectivity index (χ2n) is 10.2. The van der Waals surface area contributed by atoms with E-state index in [1.165, 1.54) is 24.3 Å². The first-order valence-corrected chi connectivity index (χ1v) is 14.3. The summed E-state index contributed by atoms with van der Waals surface area (Å²) in [4.78, 5) is 62.6. The average Bonchev–Trinajstić information content (AvgIpc) is 3.07. The lowest BCUT2D eigenvalue weighted by atomic mass is 9.99. The number of hydrogen-bond acceptors (Lipinski definition) is 8. The van der Waals surface area contributed by atoms with Crippen LogP contribution in [0.25, 0.3) is 0 Å². The number of amides is 1. The number of non-ortho nitro benzene ring substituents is 1. The minimum absolute atomic E-state index is 0.0469. The van der Waals surface area contributed by atoms with Crippen LogP contribution in [-0.4, -0.2) is 40.7 Å². The van der Waals surface area contributed by atoms with Gasteiger partial charge in [-0.25, -0.2) is 4.79 Å². The zero-order valence-corrected chi connectivity index (χ0v) is 24.4. The van der Waals surface area contributed by atoms with Crippen molar-refractivity contribution in [3.8, 4) is 0 Å². The van der Waals surface area contributed by atoms with Gasteiger partial charge in [-0.15, -0.1) is 0 Å². The zero-order valence-electron chi connectivity index (χ0n) is 24.4. The summed E-state index contributed by atoms with van der Waals surface area (Å²) in [5, 5.41) is 13.8. The summed E-state index contributed by atoms with van der Waals surface area (Å²) in [7, 11) is 0. The van der Waals surface area contributed by atoms with E-state index < -0.39 is 34.9 Å². The fraction of sp³-hybridized carbons (Fsp3) is 0.200. The van der Waals surface area contributed by atoms with Crippen molar-refractivity contribution in [1.29, 1.82) is 0 Å². The van der Waals surface area contributed by atoms with E-state index in [1.807, 2.05) is 36.4 Å². The summed E-state index contributed by atoms with van der Waals surface area (Å²) < 4.78 is 10.9. The molecule has 1 unspecified atom stereocenters. The number of nitro benzene ring substituents is 1. The fourth-order valence-electron chi connectivity index (χ4n) is 4.51. The van der Waals surface area contributed by atoms with Gasteiger partial charge in [0.15, 0.2) is 5.78 Å². The molecule has 0 aromatic heterocycles. The summed E-state index contributed by atoms with van der Waals surface area (Å²) in [5.41, 5.74) is 2.35. The van der Waals surface area contributed by atoms with E-state index in [-0.39, 0.29) is 43.8 Å². The molecule has 10 heteroatoms. The van der Waals surface area contributed by atoms with E-state index in [2.05, 4.69) is 5.32 Å². The van der Waals surface area contributed by atoms with E-state index >= 15 is 0 Å². The van der Waals surface area contributed by atoms with Crippen molar-refractivity contribution in [2.75, 3.05) is 0 Å². The van der Waals surface area contributed by atoms with E-state index in [0.29, 0.717) is 11.1 Å². The highest BCUT2D eigenvalue weighted by Gasteiger charge is 2.27. The Kier molecular flexibility index (Phi) is 11.7. The molecule has 0 aliphatic rings. The van der Waals surface area contributed by atoms with Gasteiger partial charge in [-0.05, 0) is 35.2 Å². The monoisotopic (exact) mass is 608 g/mol. The molecule has 2 atom stereocenters. The van der Waals surface area contributed by atoms with Gasteiger partial charge >= 0.3 is 11.9 Å². The molecule has 1 amide bonds. The van der Waals surface area contributed by atoms with Gasteiger partial charge in [0.05, 0.1) is 17.4 Å². The Balaban J connectivity index is 1.41. The van der Waals surface area contributed by atoms with Crippen molar-refractivity contribution in [2.45, 2.75) is 44.4 Å². The molecule has 4 aromatic rings. The molecule has 0 spiro atoms. The first-order chi connectivity index (χ1) is 21.8. The van der Waals surface area contributed by atoms with Gasteiger partial charge < -0.3 is 14.8 Å². The molecule has 45 heavy (non-hydrogen) atoms. The van der Waals surface area contributed by atoms with Crippen LogP contribution < -0.4 is 5.32 Å². The summed E-state index contributed by atoms with van der Waals surface area (Å²) in [6.07, 6.45) is -1.80. The van der Waals surface area contributed by atoms with Crippen LogP contribution >= 0.6 is 0 Å². The molecule has 4 aromatic carbocycles. The van der Waals surface area contributed by atoms with Crippen molar-refractivity contribution in [1.82, 2.24) is 5.32 Å². The van der Waals surface area contributed by atoms with Gasteiger partial charge in [0.1, 0.15) is 6.61 Å². The highest BCUT2D eigenvalue weighted by atomic mass is 16.6. The molecular formula is C35H32N2O8. The second-order valence-corrected chi connectivity index (χ2v) is 10.2. The van der Waals surface area contributed by atoms with Crippen LogP contribution in [0.5, 0.6) is 0 Å². The summed E-state index contributed by atoms with van der Waals surface area (Å²) in [5.74, 6) is -2.40. The number of rotatable bonds is 15. The predicted molar refractivity (Wildman–Crippen MR) is 165 cm³/mol. The third-order valence-corrected chi connectivity index (χ3v) is 6.92. The van der Waals surface area contributed by atoms with E-state index in [1.54, 1.807) is 54.6 Å². The van der Waals surface area contributed by atoms with Crippen LogP contribution in [0.4, 0.5) is 5.69 Å². The first kappa shape index (κ1) is 32.3. The van der Waals surface area contributed by atoms with Gasteiger partial charge in [-0.2, -0.15) is 0 Å². The van der Waals surface area contributed by atoms with Gasteiger partial charge in [0.2, 0.25) is 6.10 Å². The van der Waals surface area contributed by atoms with E-state index in [0.717, 1.165) is 11.1 Å². The number of carbonyl (C=O) groups is 4. The molecule has 4 rings (SSSR count). The maximum absolute atomic E-state index is 13.3. The van der Waals surface area contributed by atoms with Crippen molar-refractivity contribution in [3.63, 3.8) is 0 Å². The topological polar surface area (TPSA) is 142 Å². The maximum Gasteiger partial charge on any atom is 0.348 e. The first-order valence-electron chi connectivity index (χ1n) is 14.3. The molecule has 0 saturated heterocycles. The van der Waals surface area contributed by atoms with Gasteiger partial charge in [-0.1, -0.05) is 91.0 Å². The van der Waals surface area contributed by atoms with Crippen LogP contribution in [0.15, 0.2) is 115 Å². The van der Waals surface area contributed by atoms with Crippen molar-refractivity contribution >= 4 is 29.3 Å². The molecule has 0 aliphatic carbocycles. The Hall–Kier alpha value is -5.64. The second kappa shape index (κ2) is 16.3. The predicted octanol–water partition coefficient (Wildman–Crippen LogP) is 5.18. The number of nitrogens with one attached hydrogen (secondary N) is 1. The van der Waals surface area contributed by atoms with Crippen LogP contribution in [-0.2, 0) is 43.3 Å². The lowest BCUT2D eigenvalue weighted by molar-refractivity contribution is -0.384. The molecular weight excluding hydrogens is 576 g/mol. The lowest BCUT2D eigenvalue weighted by Crippen LogP contribution is -2.42. The quantitative estimate of drug-likeness (QED) is 0.111. The summed E-state index contributed by atoms with van der Waals surface area (Å²) in [6, 6.07) is 31.3. The van der Waals surface area contributed by atoms with E-state index in [9.17, 15) is 29.3 Å². The SMILES string of the molecule is O=C(CCC(=O)C(Cc1ccccc1)NC(=O)c1ccccc1)O[C@@H](Cc1ccc([N+](=O)[O-])cc1)C(=O)OCc1ccccc1. The number of Topliss-reactive ketones (excluding diaryl/α,β-unsaturated/α-hetero) is 1. The number of esters is 2. The van der Waals surface area contributed by atoms with Gasteiger partial charge in [0.25, 0.3) is 11.6 Å².